The van der Waals surface area contributed by atoms with Gasteiger partial charge in [-0.05, 0) is 66.3 Å². The van der Waals surface area contributed by atoms with Crippen LogP contribution in [0.5, 0.6) is 0 Å². The van der Waals surface area contributed by atoms with E-state index in [1.807, 2.05) is 39.1 Å². The van der Waals surface area contributed by atoms with Crippen LogP contribution >= 0.6 is 23.3 Å². The molecule has 0 bridgehead atoms. The molecule has 0 radical (unpaired) electrons. The van der Waals surface area contributed by atoms with Gasteiger partial charge < -0.3 is 10.4 Å². The maximum absolute atomic E-state index is 14.4. The first-order chi connectivity index (χ1) is 12.5. The minimum Gasteiger partial charge on any atom is -0.386 e. The van der Waals surface area contributed by atoms with E-state index in [-0.39, 0.29) is 17.7 Å². The average molecular weight is 411 g/mol. The molecule has 2 aromatic rings. The molecule has 0 atom stereocenters. The fourth-order valence-electron chi connectivity index (χ4n) is 2.72. The number of anilines is 1. The van der Waals surface area contributed by atoms with E-state index in [9.17, 15) is 14.3 Å². The molecule has 0 aliphatic rings. The van der Waals surface area contributed by atoms with Gasteiger partial charge in [-0.15, -0.1) is 11.3 Å². The highest BCUT2D eigenvalue weighted by Gasteiger charge is 2.21. The summed E-state index contributed by atoms with van der Waals surface area (Å²) in [6.45, 7) is 11.3. The molecule has 1 aromatic heterocycles. The van der Waals surface area contributed by atoms with Crippen LogP contribution in [-0.4, -0.2) is 11.1 Å². The van der Waals surface area contributed by atoms with Crippen LogP contribution in [0.1, 0.15) is 70.1 Å². The van der Waals surface area contributed by atoms with Crippen LogP contribution in [0.3, 0.4) is 0 Å². The summed E-state index contributed by atoms with van der Waals surface area (Å²) >= 11 is 2.61. The summed E-state index contributed by atoms with van der Waals surface area (Å²) in [7, 11) is 0. The number of rotatable bonds is 6. The fraction of sp³-hybridized carbons (Fsp3) is 0.450. The van der Waals surface area contributed by atoms with Crippen molar-refractivity contribution in [1.29, 1.82) is 0 Å². The highest BCUT2D eigenvalue weighted by molar-refractivity contribution is 7.99. The summed E-state index contributed by atoms with van der Waals surface area (Å²) in [5.74, 6) is -0.221. The number of nitrogens with one attached hydrogen (secondary N) is 2. The molecule has 0 saturated heterocycles. The average Bonchev–Trinajstić information content (AvgIpc) is 3.01. The first-order valence-electron chi connectivity index (χ1n) is 8.88. The van der Waals surface area contributed by atoms with Crippen molar-refractivity contribution in [3.63, 3.8) is 0 Å². The van der Waals surface area contributed by atoms with Gasteiger partial charge in [0.1, 0.15) is 5.82 Å². The summed E-state index contributed by atoms with van der Waals surface area (Å²) in [4.78, 5) is 12.4. The molecule has 148 valence electrons. The van der Waals surface area contributed by atoms with Gasteiger partial charge in [-0.1, -0.05) is 33.8 Å². The predicted octanol–water partition coefficient (Wildman–Crippen LogP) is 6.19. The van der Waals surface area contributed by atoms with E-state index in [4.69, 9.17) is 0 Å². The van der Waals surface area contributed by atoms with Crippen molar-refractivity contribution >= 4 is 35.0 Å². The molecule has 1 aromatic carbocycles. The van der Waals surface area contributed by atoms with E-state index < -0.39 is 11.6 Å². The highest BCUT2D eigenvalue weighted by atomic mass is 32.2. The molecule has 0 spiro atoms. The lowest BCUT2D eigenvalue weighted by Gasteiger charge is -2.21. The van der Waals surface area contributed by atoms with Crippen LogP contribution in [0.25, 0.3) is 0 Å². The quantitative estimate of drug-likeness (QED) is 0.498. The Kier molecular flexibility index (Phi) is 6.94. The molecule has 27 heavy (non-hydrogen) atoms. The number of hydrogen-bond donors (Lipinski definition) is 3. The number of benzene rings is 1. The SMILES string of the molecule is CC(C)c1ccc(F)c(C(C)C)c1NC(=O)NSc1cc(C(C)(C)O)cs1. The third-order valence-electron chi connectivity index (χ3n) is 4.19. The van der Waals surface area contributed by atoms with Crippen LogP contribution in [0, 0.1) is 5.82 Å². The maximum atomic E-state index is 14.4. The van der Waals surface area contributed by atoms with Crippen molar-refractivity contribution in [1.82, 2.24) is 4.72 Å². The third kappa shape index (κ3) is 5.46. The lowest BCUT2D eigenvalue weighted by atomic mass is 9.92. The molecule has 2 rings (SSSR count). The molecule has 3 N–H and O–H groups in total. The van der Waals surface area contributed by atoms with Gasteiger partial charge in [-0.2, -0.15) is 0 Å². The van der Waals surface area contributed by atoms with Gasteiger partial charge in [0, 0.05) is 5.56 Å². The Labute approximate surface area is 168 Å². The van der Waals surface area contributed by atoms with E-state index in [0.717, 1.165) is 15.3 Å². The first-order valence-corrected chi connectivity index (χ1v) is 10.6. The lowest BCUT2D eigenvalue weighted by molar-refractivity contribution is 0.0789. The Hall–Kier alpha value is -1.57. The van der Waals surface area contributed by atoms with E-state index >= 15 is 0 Å². The monoisotopic (exact) mass is 410 g/mol. The summed E-state index contributed by atoms with van der Waals surface area (Å²) in [6, 6.07) is 4.62. The molecule has 0 aliphatic heterocycles. The van der Waals surface area contributed by atoms with Crippen LogP contribution < -0.4 is 10.0 Å². The number of amides is 2. The molecule has 1 heterocycles. The predicted molar refractivity (Wildman–Crippen MR) is 112 cm³/mol. The zero-order chi connectivity index (χ0) is 20.4. The molecule has 0 saturated carbocycles. The van der Waals surface area contributed by atoms with E-state index in [1.54, 1.807) is 19.9 Å². The van der Waals surface area contributed by atoms with Crippen molar-refractivity contribution in [3.8, 4) is 0 Å². The van der Waals surface area contributed by atoms with Gasteiger partial charge in [0.2, 0.25) is 0 Å². The van der Waals surface area contributed by atoms with E-state index in [0.29, 0.717) is 11.3 Å². The summed E-state index contributed by atoms with van der Waals surface area (Å²) in [5, 5.41) is 14.7. The Balaban J connectivity index is 2.15. The number of carbonyl (C=O) groups is 1. The zero-order valence-electron chi connectivity index (χ0n) is 16.5. The van der Waals surface area contributed by atoms with Crippen LogP contribution in [0.2, 0.25) is 0 Å². The van der Waals surface area contributed by atoms with Gasteiger partial charge in [0.15, 0.2) is 0 Å². The van der Waals surface area contributed by atoms with Crippen molar-refractivity contribution in [2.24, 2.45) is 0 Å². The zero-order valence-corrected chi connectivity index (χ0v) is 18.1. The molecular weight excluding hydrogens is 383 g/mol. The Bertz CT molecular complexity index is 811. The van der Waals surface area contributed by atoms with Crippen LogP contribution in [0.4, 0.5) is 14.9 Å². The van der Waals surface area contributed by atoms with Crippen molar-refractivity contribution in [3.05, 3.63) is 46.1 Å². The Morgan fingerprint density at radius 1 is 1.22 bits per heavy atom. The van der Waals surface area contributed by atoms with E-state index in [2.05, 4.69) is 10.0 Å². The van der Waals surface area contributed by atoms with Gasteiger partial charge >= 0.3 is 6.03 Å². The standard InChI is InChI=1S/C20H27FN2O2S2/c1-11(2)14-7-8-15(21)17(12(3)4)18(14)22-19(24)23-27-16-9-13(10-26-16)20(5,6)25/h7-12,25H,1-6H3,(H2,22,23,24). The fourth-order valence-corrected chi connectivity index (χ4v) is 4.41. The molecular formula is C20H27FN2O2S2. The lowest BCUT2D eigenvalue weighted by Crippen LogP contribution is -2.24. The van der Waals surface area contributed by atoms with Gasteiger partial charge in [-0.25, -0.2) is 9.18 Å². The van der Waals surface area contributed by atoms with Gasteiger partial charge in [-0.3, -0.25) is 4.72 Å². The summed E-state index contributed by atoms with van der Waals surface area (Å²) < 4.78 is 18.0. The Morgan fingerprint density at radius 3 is 2.41 bits per heavy atom. The molecule has 2 amide bonds. The third-order valence-corrected chi connectivity index (χ3v) is 6.06. The second kappa shape index (κ2) is 8.63. The summed E-state index contributed by atoms with van der Waals surface area (Å²) in [6.07, 6.45) is 0. The van der Waals surface area contributed by atoms with Crippen molar-refractivity contribution in [2.45, 2.75) is 63.2 Å². The first kappa shape index (κ1) is 21.7. The van der Waals surface area contributed by atoms with Gasteiger partial charge in [0.25, 0.3) is 0 Å². The Morgan fingerprint density at radius 2 is 1.89 bits per heavy atom. The second-order valence-electron chi connectivity index (χ2n) is 7.61. The maximum Gasteiger partial charge on any atom is 0.329 e. The molecule has 0 unspecified atom stereocenters. The number of hydrogen-bond acceptors (Lipinski definition) is 4. The molecule has 4 nitrogen and oxygen atoms in total. The molecule has 0 aliphatic carbocycles. The van der Waals surface area contributed by atoms with Crippen LogP contribution in [-0.2, 0) is 5.60 Å². The van der Waals surface area contributed by atoms with Crippen LogP contribution in [0.15, 0.2) is 27.8 Å². The number of halogens is 1. The smallest absolute Gasteiger partial charge is 0.329 e. The number of carbonyl (C=O) groups excluding carboxylic acids is 1. The number of aliphatic hydroxyl groups is 1. The summed E-state index contributed by atoms with van der Waals surface area (Å²) in [5.41, 5.74) is 1.84. The topological polar surface area (TPSA) is 61.4 Å². The minimum absolute atomic E-state index is 0.0571. The minimum atomic E-state index is -0.919. The molecule has 7 heteroatoms. The van der Waals surface area contributed by atoms with Gasteiger partial charge in [0.05, 0.1) is 15.5 Å². The largest absolute Gasteiger partial charge is 0.386 e. The van der Waals surface area contributed by atoms with Crippen molar-refractivity contribution in [2.75, 3.05) is 5.32 Å². The molecule has 0 fully saturated rings. The van der Waals surface area contributed by atoms with Crippen molar-refractivity contribution < 1.29 is 14.3 Å². The highest BCUT2D eigenvalue weighted by Crippen LogP contribution is 2.35. The second-order valence-corrected chi connectivity index (χ2v) is 9.62. The number of urea groups is 1. The number of thiophene rings is 1. The van der Waals surface area contributed by atoms with E-state index in [1.165, 1.54) is 29.4 Å². The normalized spacial score (nSPS) is 11.9.